The van der Waals surface area contributed by atoms with Crippen LogP contribution >= 0.6 is 0 Å². The molecule has 5 nitrogen and oxygen atoms in total. The first-order valence-electron chi connectivity index (χ1n) is 5.00. The summed E-state index contributed by atoms with van der Waals surface area (Å²) in [4.78, 5) is 11.2. The van der Waals surface area contributed by atoms with Crippen LogP contribution in [0.5, 0.6) is 11.5 Å². The number of aromatic hydroxyl groups is 2. The minimum absolute atomic E-state index is 0.0107. The quantitative estimate of drug-likeness (QED) is 0.594. The fourth-order valence-corrected chi connectivity index (χ4v) is 1.27. The zero-order valence-corrected chi connectivity index (χ0v) is 9.32. The molecule has 1 rings (SSSR count). The standard InChI is InChI=1S/C11H16N2O3/c1-7(11(16)12-2)13-6-8-3-4-9(14)5-10(8)15/h3-5,7,13-15H,6H2,1-2H3,(H,12,16)/t7-/m1/s1. The van der Waals surface area contributed by atoms with Gasteiger partial charge in [0, 0.05) is 25.2 Å². The largest absolute Gasteiger partial charge is 0.508 e. The Morgan fingerprint density at radius 1 is 1.44 bits per heavy atom. The molecule has 0 saturated heterocycles. The van der Waals surface area contributed by atoms with Crippen molar-refractivity contribution in [2.24, 2.45) is 0 Å². The van der Waals surface area contributed by atoms with Gasteiger partial charge in [-0.05, 0) is 13.0 Å². The third-order valence-electron chi connectivity index (χ3n) is 2.31. The van der Waals surface area contributed by atoms with Crippen LogP contribution in [0.1, 0.15) is 12.5 Å². The second kappa shape index (κ2) is 5.37. The van der Waals surface area contributed by atoms with Crippen LogP contribution in [0.15, 0.2) is 18.2 Å². The van der Waals surface area contributed by atoms with Gasteiger partial charge in [-0.1, -0.05) is 6.07 Å². The van der Waals surface area contributed by atoms with Crippen molar-refractivity contribution in [3.05, 3.63) is 23.8 Å². The Balaban J connectivity index is 2.58. The number of likely N-dealkylation sites (N-methyl/N-ethyl adjacent to an activating group) is 1. The van der Waals surface area contributed by atoms with E-state index in [0.29, 0.717) is 12.1 Å². The lowest BCUT2D eigenvalue weighted by Gasteiger charge is -2.12. The molecule has 0 unspecified atom stereocenters. The fraction of sp³-hybridized carbons (Fsp3) is 0.364. The van der Waals surface area contributed by atoms with E-state index in [1.807, 2.05) is 0 Å². The van der Waals surface area contributed by atoms with E-state index in [9.17, 15) is 9.90 Å². The molecule has 0 radical (unpaired) electrons. The summed E-state index contributed by atoms with van der Waals surface area (Å²) in [5.41, 5.74) is 0.633. The Bertz CT molecular complexity index is 379. The summed E-state index contributed by atoms with van der Waals surface area (Å²) in [5, 5.41) is 24.1. The third kappa shape index (κ3) is 3.13. The van der Waals surface area contributed by atoms with Crippen molar-refractivity contribution in [3.63, 3.8) is 0 Å². The second-order valence-corrected chi connectivity index (χ2v) is 3.53. The summed E-state index contributed by atoms with van der Waals surface area (Å²) in [6.07, 6.45) is 0. The van der Waals surface area contributed by atoms with E-state index in [1.165, 1.54) is 12.1 Å². The molecule has 0 heterocycles. The summed E-state index contributed by atoms with van der Waals surface area (Å²) in [6.45, 7) is 2.09. The Morgan fingerprint density at radius 3 is 2.69 bits per heavy atom. The summed E-state index contributed by atoms with van der Waals surface area (Å²) in [6, 6.07) is 4.02. The molecular weight excluding hydrogens is 208 g/mol. The molecular formula is C11H16N2O3. The van der Waals surface area contributed by atoms with E-state index in [4.69, 9.17) is 5.11 Å². The maximum Gasteiger partial charge on any atom is 0.236 e. The molecule has 1 atom stereocenters. The topological polar surface area (TPSA) is 81.6 Å². The predicted molar refractivity (Wildman–Crippen MR) is 60.1 cm³/mol. The number of phenolic OH excluding ortho intramolecular Hbond substituents is 2. The predicted octanol–water partition coefficient (Wildman–Crippen LogP) is 0.322. The summed E-state index contributed by atoms with van der Waals surface area (Å²) in [5.74, 6) is -0.0875. The fourth-order valence-electron chi connectivity index (χ4n) is 1.27. The van der Waals surface area contributed by atoms with E-state index in [1.54, 1.807) is 20.0 Å². The first-order valence-corrected chi connectivity index (χ1v) is 5.00. The van der Waals surface area contributed by atoms with Gasteiger partial charge in [0.05, 0.1) is 6.04 Å². The Kier molecular flexibility index (Phi) is 4.13. The van der Waals surface area contributed by atoms with E-state index in [2.05, 4.69) is 10.6 Å². The molecule has 1 aromatic carbocycles. The van der Waals surface area contributed by atoms with Crippen LogP contribution in [0.4, 0.5) is 0 Å². The lowest BCUT2D eigenvalue weighted by molar-refractivity contribution is -0.122. The Hall–Kier alpha value is -1.75. The van der Waals surface area contributed by atoms with Gasteiger partial charge in [0.15, 0.2) is 0 Å². The normalized spacial score (nSPS) is 12.1. The Morgan fingerprint density at radius 2 is 2.12 bits per heavy atom. The first-order chi connectivity index (χ1) is 7.54. The number of amides is 1. The van der Waals surface area contributed by atoms with E-state index >= 15 is 0 Å². The van der Waals surface area contributed by atoms with E-state index < -0.39 is 0 Å². The lowest BCUT2D eigenvalue weighted by atomic mass is 10.2. The average Bonchev–Trinajstić information content (AvgIpc) is 2.26. The van der Waals surface area contributed by atoms with Crippen LogP contribution in [0.25, 0.3) is 0 Å². The van der Waals surface area contributed by atoms with Gasteiger partial charge in [-0.2, -0.15) is 0 Å². The number of hydrogen-bond donors (Lipinski definition) is 4. The van der Waals surface area contributed by atoms with Crippen LogP contribution in [0, 0.1) is 0 Å². The minimum Gasteiger partial charge on any atom is -0.508 e. The van der Waals surface area contributed by atoms with Gasteiger partial charge in [0.2, 0.25) is 5.91 Å². The highest BCUT2D eigenvalue weighted by Gasteiger charge is 2.10. The zero-order chi connectivity index (χ0) is 12.1. The van der Waals surface area contributed by atoms with Crippen molar-refractivity contribution in [2.75, 3.05) is 7.05 Å². The van der Waals surface area contributed by atoms with Gasteiger partial charge < -0.3 is 20.8 Å². The molecule has 88 valence electrons. The highest BCUT2D eigenvalue weighted by atomic mass is 16.3. The molecule has 0 saturated carbocycles. The third-order valence-corrected chi connectivity index (χ3v) is 2.31. The van der Waals surface area contributed by atoms with Crippen molar-refractivity contribution in [1.29, 1.82) is 0 Å². The van der Waals surface area contributed by atoms with Crippen LogP contribution in [-0.4, -0.2) is 29.2 Å². The molecule has 0 aliphatic carbocycles. The SMILES string of the molecule is CNC(=O)[C@@H](C)NCc1ccc(O)cc1O. The number of benzene rings is 1. The molecule has 4 N–H and O–H groups in total. The summed E-state index contributed by atoms with van der Waals surface area (Å²) >= 11 is 0. The molecule has 0 aliphatic heterocycles. The Labute approximate surface area is 94.1 Å². The molecule has 1 aromatic rings. The molecule has 0 fully saturated rings. The molecule has 0 spiro atoms. The van der Waals surface area contributed by atoms with Crippen molar-refractivity contribution >= 4 is 5.91 Å². The van der Waals surface area contributed by atoms with Crippen LogP contribution in [0.3, 0.4) is 0 Å². The molecule has 5 heteroatoms. The average molecular weight is 224 g/mol. The summed E-state index contributed by atoms with van der Waals surface area (Å²) in [7, 11) is 1.57. The smallest absolute Gasteiger partial charge is 0.236 e. The number of carbonyl (C=O) groups is 1. The maximum absolute atomic E-state index is 11.2. The highest BCUT2D eigenvalue weighted by molar-refractivity contribution is 5.80. The van der Waals surface area contributed by atoms with Gasteiger partial charge in [-0.25, -0.2) is 0 Å². The number of nitrogens with one attached hydrogen (secondary N) is 2. The van der Waals surface area contributed by atoms with Gasteiger partial charge in [0.25, 0.3) is 0 Å². The molecule has 1 amide bonds. The van der Waals surface area contributed by atoms with E-state index in [0.717, 1.165) is 0 Å². The van der Waals surface area contributed by atoms with Crippen LogP contribution < -0.4 is 10.6 Å². The monoisotopic (exact) mass is 224 g/mol. The zero-order valence-electron chi connectivity index (χ0n) is 9.32. The van der Waals surface area contributed by atoms with Gasteiger partial charge >= 0.3 is 0 Å². The van der Waals surface area contributed by atoms with E-state index in [-0.39, 0.29) is 23.4 Å². The lowest BCUT2D eigenvalue weighted by Crippen LogP contribution is -2.40. The molecule has 0 aliphatic rings. The van der Waals surface area contributed by atoms with Crippen LogP contribution in [0.2, 0.25) is 0 Å². The number of phenols is 2. The number of rotatable bonds is 4. The first kappa shape index (κ1) is 12.3. The van der Waals surface area contributed by atoms with Crippen LogP contribution in [-0.2, 0) is 11.3 Å². The molecule has 0 aromatic heterocycles. The molecule has 16 heavy (non-hydrogen) atoms. The minimum atomic E-state index is -0.335. The summed E-state index contributed by atoms with van der Waals surface area (Å²) < 4.78 is 0. The van der Waals surface area contributed by atoms with Gasteiger partial charge in [0.1, 0.15) is 11.5 Å². The van der Waals surface area contributed by atoms with Crippen molar-refractivity contribution in [1.82, 2.24) is 10.6 Å². The van der Waals surface area contributed by atoms with Crippen molar-refractivity contribution < 1.29 is 15.0 Å². The number of hydrogen-bond acceptors (Lipinski definition) is 4. The van der Waals surface area contributed by atoms with Gasteiger partial charge in [-0.15, -0.1) is 0 Å². The van der Waals surface area contributed by atoms with Crippen molar-refractivity contribution in [3.8, 4) is 11.5 Å². The molecule has 0 bridgehead atoms. The second-order valence-electron chi connectivity index (χ2n) is 3.53. The number of carbonyl (C=O) groups excluding carboxylic acids is 1. The van der Waals surface area contributed by atoms with Gasteiger partial charge in [-0.3, -0.25) is 4.79 Å². The highest BCUT2D eigenvalue weighted by Crippen LogP contribution is 2.22. The van der Waals surface area contributed by atoms with Crippen molar-refractivity contribution in [2.45, 2.75) is 19.5 Å². The maximum atomic E-state index is 11.2.